The third-order valence-electron chi connectivity index (χ3n) is 5.11. The Hall–Kier alpha value is -3.20. The zero-order chi connectivity index (χ0) is 21.1. The molecule has 156 valence electrons. The van der Waals surface area contributed by atoms with Crippen LogP contribution >= 0.6 is 0 Å². The predicted octanol–water partition coefficient (Wildman–Crippen LogP) is 2.53. The van der Waals surface area contributed by atoms with Gasteiger partial charge in [-0.05, 0) is 50.1 Å². The fraction of sp³-hybridized carbons (Fsp3) is 0.333. The van der Waals surface area contributed by atoms with Crippen LogP contribution in [-0.4, -0.2) is 42.9 Å². The summed E-state index contributed by atoms with van der Waals surface area (Å²) >= 11 is 0. The summed E-state index contributed by atoms with van der Waals surface area (Å²) in [7, 11) is 0. The molecule has 0 spiro atoms. The van der Waals surface area contributed by atoms with E-state index in [0.29, 0.717) is 23.8 Å². The lowest BCUT2D eigenvalue weighted by Crippen LogP contribution is -2.42. The molecule has 2 aromatic heterocycles. The third kappa shape index (κ3) is 4.51. The van der Waals surface area contributed by atoms with Crippen molar-refractivity contribution in [2.45, 2.75) is 38.9 Å². The van der Waals surface area contributed by atoms with E-state index < -0.39 is 11.6 Å². The van der Waals surface area contributed by atoms with Crippen molar-refractivity contribution in [2.24, 2.45) is 0 Å². The van der Waals surface area contributed by atoms with Gasteiger partial charge in [-0.1, -0.05) is 6.07 Å². The maximum Gasteiger partial charge on any atom is 0.237 e. The van der Waals surface area contributed by atoms with Gasteiger partial charge in [-0.25, -0.2) is 23.7 Å². The Bertz CT molecular complexity index is 1040. The van der Waals surface area contributed by atoms with Gasteiger partial charge in [0.05, 0.1) is 18.3 Å². The van der Waals surface area contributed by atoms with E-state index in [0.717, 1.165) is 31.1 Å². The number of likely N-dealkylation sites (tertiary alicyclic amines) is 1. The quantitative estimate of drug-likeness (QED) is 0.673. The molecule has 0 radical (unpaired) electrons. The SMILES string of the molecule is Cc1cc(CNC(=O)C2CCCN2Cc2ccc(F)c(F)c2)nc(-n2ccnc2)n1. The first-order chi connectivity index (χ1) is 14.5. The van der Waals surface area contributed by atoms with Gasteiger partial charge in [0.25, 0.3) is 0 Å². The molecule has 3 heterocycles. The van der Waals surface area contributed by atoms with E-state index in [9.17, 15) is 13.6 Å². The maximum absolute atomic E-state index is 13.5. The lowest BCUT2D eigenvalue weighted by Gasteiger charge is -2.23. The minimum Gasteiger partial charge on any atom is -0.349 e. The molecule has 1 aliphatic heterocycles. The van der Waals surface area contributed by atoms with E-state index in [4.69, 9.17) is 0 Å². The highest BCUT2D eigenvalue weighted by molar-refractivity contribution is 5.82. The fourth-order valence-corrected chi connectivity index (χ4v) is 3.68. The monoisotopic (exact) mass is 412 g/mol. The zero-order valence-electron chi connectivity index (χ0n) is 16.6. The van der Waals surface area contributed by atoms with Crippen molar-refractivity contribution in [2.75, 3.05) is 6.54 Å². The van der Waals surface area contributed by atoms with Gasteiger partial charge < -0.3 is 5.32 Å². The fourth-order valence-electron chi connectivity index (χ4n) is 3.68. The van der Waals surface area contributed by atoms with Crippen molar-refractivity contribution < 1.29 is 13.6 Å². The number of nitrogens with one attached hydrogen (secondary N) is 1. The summed E-state index contributed by atoms with van der Waals surface area (Å²) in [6.45, 7) is 3.27. The summed E-state index contributed by atoms with van der Waals surface area (Å²) in [5.41, 5.74) is 2.13. The Morgan fingerprint density at radius 2 is 2.10 bits per heavy atom. The summed E-state index contributed by atoms with van der Waals surface area (Å²) < 4.78 is 28.4. The second kappa shape index (κ2) is 8.66. The topological polar surface area (TPSA) is 75.9 Å². The van der Waals surface area contributed by atoms with Crippen molar-refractivity contribution in [3.05, 3.63) is 71.6 Å². The minimum atomic E-state index is -0.875. The van der Waals surface area contributed by atoms with Gasteiger partial charge in [0.15, 0.2) is 11.6 Å². The van der Waals surface area contributed by atoms with E-state index in [1.165, 1.54) is 6.07 Å². The minimum absolute atomic E-state index is 0.101. The number of rotatable bonds is 6. The molecule has 1 N–H and O–H groups in total. The van der Waals surface area contributed by atoms with Gasteiger partial charge in [-0.2, -0.15) is 0 Å². The largest absolute Gasteiger partial charge is 0.349 e. The van der Waals surface area contributed by atoms with E-state index >= 15 is 0 Å². The second-order valence-corrected chi connectivity index (χ2v) is 7.37. The molecule has 1 fully saturated rings. The van der Waals surface area contributed by atoms with E-state index in [2.05, 4.69) is 20.3 Å². The van der Waals surface area contributed by atoms with Crippen molar-refractivity contribution >= 4 is 5.91 Å². The Balaban J connectivity index is 1.40. The number of nitrogens with zero attached hydrogens (tertiary/aromatic N) is 5. The molecule has 0 saturated carbocycles. The summed E-state index contributed by atoms with van der Waals surface area (Å²) in [6.07, 6.45) is 6.62. The maximum atomic E-state index is 13.5. The average molecular weight is 412 g/mol. The highest BCUT2D eigenvalue weighted by Gasteiger charge is 2.30. The molecule has 7 nitrogen and oxygen atoms in total. The van der Waals surface area contributed by atoms with Crippen LogP contribution in [0.1, 0.15) is 29.8 Å². The number of aromatic nitrogens is 4. The molecular weight excluding hydrogens is 390 g/mol. The molecule has 1 saturated heterocycles. The van der Waals surface area contributed by atoms with Crippen LogP contribution in [0.2, 0.25) is 0 Å². The van der Waals surface area contributed by atoms with Crippen LogP contribution in [0.5, 0.6) is 0 Å². The van der Waals surface area contributed by atoms with Crippen LogP contribution in [-0.2, 0) is 17.9 Å². The number of amides is 1. The van der Waals surface area contributed by atoms with Crippen molar-refractivity contribution in [3.63, 3.8) is 0 Å². The first-order valence-corrected chi connectivity index (χ1v) is 9.78. The Kier molecular flexibility index (Phi) is 5.80. The molecule has 3 aromatic rings. The van der Waals surface area contributed by atoms with E-state index in [1.54, 1.807) is 29.4 Å². The molecule has 0 bridgehead atoms. The van der Waals surface area contributed by atoms with Crippen LogP contribution in [0.15, 0.2) is 43.0 Å². The number of benzene rings is 1. The van der Waals surface area contributed by atoms with E-state index in [1.807, 2.05) is 17.9 Å². The number of hydrogen-bond acceptors (Lipinski definition) is 5. The van der Waals surface area contributed by atoms with Crippen LogP contribution < -0.4 is 5.32 Å². The molecule has 4 rings (SSSR count). The van der Waals surface area contributed by atoms with Crippen LogP contribution in [0, 0.1) is 18.6 Å². The number of carbonyl (C=O) groups is 1. The van der Waals surface area contributed by atoms with Crippen molar-refractivity contribution in [1.29, 1.82) is 0 Å². The van der Waals surface area contributed by atoms with Gasteiger partial charge in [-0.3, -0.25) is 14.3 Å². The van der Waals surface area contributed by atoms with Gasteiger partial charge in [0.1, 0.15) is 6.33 Å². The summed E-state index contributed by atoms with van der Waals surface area (Å²) in [5.74, 6) is -1.35. The summed E-state index contributed by atoms with van der Waals surface area (Å²) in [5, 5.41) is 2.95. The smallest absolute Gasteiger partial charge is 0.237 e. The number of hydrogen-bond donors (Lipinski definition) is 1. The van der Waals surface area contributed by atoms with Gasteiger partial charge >= 0.3 is 0 Å². The molecule has 30 heavy (non-hydrogen) atoms. The van der Waals surface area contributed by atoms with Gasteiger partial charge in [-0.15, -0.1) is 0 Å². The predicted molar refractivity (Wildman–Crippen MR) is 106 cm³/mol. The van der Waals surface area contributed by atoms with E-state index in [-0.39, 0.29) is 18.5 Å². The number of imidazole rings is 1. The van der Waals surface area contributed by atoms with Gasteiger partial charge in [0.2, 0.25) is 11.9 Å². The molecule has 1 amide bonds. The molecular formula is C21H22F2N6O. The third-order valence-corrected chi connectivity index (χ3v) is 5.11. The standard InChI is InChI=1S/C21H22F2N6O/c1-14-9-16(27-21(26-14)29-8-6-24-13-29)11-25-20(30)19-3-2-7-28(19)12-15-4-5-17(22)18(23)10-15/h4-6,8-10,13,19H,2-3,7,11-12H2,1H3,(H,25,30). The first kappa shape index (κ1) is 20.1. The summed E-state index contributed by atoms with van der Waals surface area (Å²) in [4.78, 5) is 27.7. The average Bonchev–Trinajstić information content (AvgIpc) is 3.41. The van der Waals surface area contributed by atoms with Gasteiger partial charge in [0, 0.05) is 24.6 Å². The highest BCUT2D eigenvalue weighted by atomic mass is 19.2. The van der Waals surface area contributed by atoms with Crippen LogP contribution in [0.25, 0.3) is 5.95 Å². The zero-order valence-corrected chi connectivity index (χ0v) is 16.6. The molecule has 1 atom stereocenters. The number of carbonyl (C=O) groups excluding carboxylic acids is 1. The van der Waals surface area contributed by atoms with Crippen LogP contribution in [0.4, 0.5) is 8.78 Å². The lowest BCUT2D eigenvalue weighted by atomic mass is 10.1. The molecule has 9 heteroatoms. The number of aryl methyl sites for hydroxylation is 1. The van der Waals surface area contributed by atoms with Crippen molar-refractivity contribution in [1.82, 2.24) is 29.7 Å². The Labute approximate surface area is 172 Å². The van der Waals surface area contributed by atoms with Crippen molar-refractivity contribution in [3.8, 4) is 5.95 Å². The lowest BCUT2D eigenvalue weighted by molar-refractivity contribution is -0.125. The Morgan fingerprint density at radius 1 is 1.23 bits per heavy atom. The summed E-state index contributed by atoms with van der Waals surface area (Å²) in [6, 6.07) is 5.37. The first-order valence-electron chi connectivity index (χ1n) is 9.78. The molecule has 1 unspecified atom stereocenters. The number of halogens is 2. The highest BCUT2D eigenvalue weighted by Crippen LogP contribution is 2.21. The molecule has 0 aliphatic carbocycles. The normalized spacial score (nSPS) is 16.7. The molecule has 1 aliphatic rings. The second-order valence-electron chi connectivity index (χ2n) is 7.37. The van der Waals surface area contributed by atoms with Crippen LogP contribution in [0.3, 0.4) is 0 Å². The Morgan fingerprint density at radius 3 is 2.87 bits per heavy atom. The molecule has 1 aromatic carbocycles.